The molecule has 5 heterocycles. The molecular formula is C30H28FN5O4S. The molecule has 3 N–H and O–H groups in total. The van der Waals surface area contributed by atoms with E-state index in [1.54, 1.807) is 29.5 Å². The summed E-state index contributed by atoms with van der Waals surface area (Å²) in [7, 11) is 0. The molecule has 41 heavy (non-hydrogen) atoms. The molecule has 3 aliphatic rings. The number of nitrogen functional groups attached to an aromatic ring is 1. The summed E-state index contributed by atoms with van der Waals surface area (Å²) in [6.07, 6.45) is -1.52. The first-order valence-corrected chi connectivity index (χ1v) is 14.3. The molecule has 7 rings (SSSR count). The highest BCUT2D eigenvalue weighted by Crippen LogP contribution is 2.39. The summed E-state index contributed by atoms with van der Waals surface area (Å²) in [5.74, 6) is -1.12. The van der Waals surface area contributed by atoms with E-state index in [9.17, 15) is 19.1 Å². The smallest absolute Gasteiger partial charge is 0.340 e. The normalized spacial score (nSPS) is 18.7. The molecule has 0 radical (unpaired) electrons. The zero-order valence-electron chi connectivity index (χ0n) is 22.4. The Hall–Kier alpha value is -3.77. The molecule has 3 aliphatic heterocycles. The third-order valence-electron chi connectivity index (χ3n) is 8.18. The van der Waals surface area contributed by atoms with Crippen LogP contribution in [0.4, 0.5) is 10.1 Å². The molecule has 1 saturated heterocycles. The highest BCUT2D eigenvalue weighted by atomic mass is 32.2. The van der Waals surface area contributed by atoms with Gasteiger partial charge < -0.3 is 20.1 Å². The van der Waals surface area contributed by atoms with Crippen LogP contribution in [-0.4, -0.2) is 56.0 Å². The van der Waals surface area contributed by atoms with E-state index in [4.69, 9.17) is 15.5 Å². The lowest BCUT2D eigenvalue weighted by atomic mass is 9.97. The number of carbonyl (C=O) groups excluding carboxylic acids is 1. The number of ether oxygens (including phenoxy) is 1. The van der Waals surface area contributed by atoms with E-state index >= 15 is 0 Å². The van der Waals surface area contributed by atoms with Gasteiger partial charge in [0.25, 0.3) is 5.56 Å². The Balaban J connectivity index is 1.24. The second kappa shape index (κ2) is 9.95. The fourth-order valence-electron chi connectivity index (χ4n) is 5.90. The third-order valence-corrected chi connectivity index (χ3v) is 9.29. The fraction of sp³-hybridized carbons (Fsp3) is 0.300. The van der Waals surface area contributed by atoms with Crippen molar-refractivity contribution in [2.75, 3.05) is 31.9 Å². The zero-order valence-corrected chi connectivity index (χ0v) is 23.2. The van der Waals surface area contributed by atoms with Crippen molar-refractivity contribution in [2.45, 2.75) is 37.6 Å². The summed E-state index contributed by atoms with van der Waals surface area (Å²) < 4.78 is 23.7. The van der Waals surface area contributed by atoms with Gasteiger partial charge in [-0.15, -0.1) is 0 Å². The lowest BCUT2D eigenvalue weighted by Crippen LogP contribution is -2.43. The van der Waals surface area contributed by atoms with Gasteiger partial charge in [0.2, 0.25) is 0 Å². The molecule has 9 nitrogen and oxygen atoms in total. The first kappa shape index (κ1) is 26.1. The number of nitrogens with zero attached hydrogens (tertiary/aromatic N) is 4. The number of nitrogens with two attached hydrogens (primary N) is 1. The average Bonchev–Trinajstić information content (AvgIpc) is 3.33. The van der Waals surface area contributed by atoms with E-state index in [1.807, 2.05) is 30.3 Å². The number of rotatable bonds is 4. The predicted molar refractivity (Wildman–Crippen MR) is 154 cm³/mol. The summed E-state index contributed by atoms with van der Waals surface area (Å²) in [5.41, 5.74) is 10.8. The van der Waals surface area contributed by atoms with E-state index in [1.165, 1.54) is 6.07 Å². The summed E-state index contributed by atoms with van der Waals surface area (Å²) in [6.45, 7) is 5.91. The molecule has 0 amide bonds. The lowest BCUT2D eigenvalue weighted by Gasteiger charge is -2.34. The van der Waals surface area contributed by atoms with Crippen LogP contribution in [0.2, 0.25) is 0 Å². The fourth-order valence-corrected chi connectivity index (χ4v) is 6.80. The van der Waals surface area contributed by atoms with Gasteiger partial charge >= 0.3 is 5.97 Å². The van der Waals surface area contributed by atoms with Crippen molar-refractivity contribution in [3.63, 3.8) is 0 Å². The number of aromatic nitrogens is 2. The maximum Gasteiger partial charge on any atom is 0.340 e. The van der Waals surface area contributed by atoms with Crippen LogP contribution in [0.3, 0.4) is 0 Å². The Bertz CT molecular complexity index is 1780. The van der Waals surface area contributed by atoms with Crippen LogP contribution in [0, 0.1) is 12.7 Å². The molecular weight excluding hydrogens is 545 g/mol. The second-order valence-corrected chi connectivity index (χ2v) is 11.9. The van der Waals surface area contributed by atoms with Gasteiger partial charge in [-0.25, -0.2) is 18.5 Å². The van der Waals surface area contributed by atoms with E-state index < -0.39 is 12.1 Å². The average molecular weight is 574 g/mol. The first-order chi connectivity index (χ1) is 19.8. The molecule has 1 unspecified atom stereocenters. The van der Waals surface area contributed by atoms with Gasteiger partial charge in [0.15, 0.2) is 6.10 Å². The summed E-state index contributed by atoms with van der Waals surface area (Å²) >= 11 is 1.72. The number of piperazine rings is 1. The van der Waals surface area contributed by atoms with Crippen molar-refractivity contribution >= 4 is 34.5 Å². The van der Waals surface area contributed by atoms with Crippen LogP contribution >= 0.6 is 11.9 Å². The van der Waals surface area contributed by atoms with Crippen LogP contribution in [0.5, 0.6) is 0 Å². The molecule has 2 aromatic heterocycles. The lowest BCUT2D eigenvalue weighted by molar-refractivity contribution is -0.157. The van der Waals surface area contributed by atoms with Crippen molar-refractivity contribution < 1.29 is 19.0 Å². The SMILES string of the molecule is Cc1cc2c(CN3CCN(Sc4ccc(N)cc4)CC3)c3c(nc2cc1F)-c1cc2c(c(=O)n1C3)COC(=O)C2O. The van der Waals surface area contributed by atoms with Gasteiger partial charge in [-0.2, -0.15) is 0 Å². The van der Waals surface area contributed by atoms with Gasteiger partial charge in [-0.1, -0.05) is 0 Å². The van der Waals surface area contributed by atoms with Gasteiger partial charge in [-0.05, 0) is 66.4 Å². The first-order valence-electron chi connectivity index (χ1n) is 13.5. The van der Waals surface area contributed by atoms with Crippen molar-refractivity contribution in [2.24, 2.45) is 0 Å². The number of carbonyl (C=O) groups is 1. The Kier molecular flexibility index (Phi) is 6.35. The van der Waals surface area contributed by atoms with Crippen molar-refractivity contribution in [1.82, 2.24) is 18.8 Å². The minimum Gasteiger partial charge on any atom is -0.458 e. The van der Waals surface area contributed by atoms with Gasteiger partial charge in [0.1, 0.15) is 12.4 Å². The number of halogens is 1. The monoisotopic (exact) mass is 573 g/mol. The van der Waals surface area contributed by atoms with Crippen LogP contribution in [0.15, 0.2) is 52.2 Å². The molecule has 0 saturated carbocycles. The van der Waals surface area contributed by atoms with Crippen LogP contribution in [0.25, 0.3) is 22.3 Å². The summed E-state index contributed by atoms with van der Waals surface area (Å²) in [5, 5.41) is 11.3. The number of esters is 1. The van der Waals surface area contributed by atoms with Gasteiger partial charge in [0, 0.05) is 65.9 Å². The molecule has 1 atom stereocenters. The van der Waals surface area contributed by atoms with Gasteiger partial charge in [0.05, 0.1) is 29.0 Å². The molecule has 0 spiro atoms. The summed E-state index contributed by atoms with van der Waals surface area (Å²) in [4.78, 5) is 33.8. The van der Waals surface area contributed by atoms with E-state index in [-0.39, 0.29) is 29.1 Å². The number of hydrogen-bond donors (Lipinski definition) is 2. The molecule has 2 aromatic carbocycles. The standard InChI is InChI=1S/C30H28FN5O4S/c1-16-10-19-21(13-34-6-8-35(9-7-34)41-18-4-2-17(32)3-5-18)22-14-36-26(27(22)33-25(19)12-24(16)31)11-20-23(29(36)38)15-40-30(39)28(20)37/h2-5,10-12,28,37H,6-9,13-15,32H2,1H3. The maximum atomic E-state index is 14.7. The predicted octanol–water partition coefficient (Wildman–Crippen LogP) is 3.37. The maximum absolute atomic E-state index is 14.7. The van der Waals surface area contributed by atoms with Crippen LogP contribution in [0.1, 0.15) is 33.9 Å². The molecule has 210 valence electrons. The number of cyclic esters (lactones) is 1. The number of pyridine rings is 2. The van der Waals surface area contributed by atoms with Crippen molar-refractivity contribution in [3.8, 4) is 11.4 Å². The zero-order chi connectivity index (χ0) is 28.4. The molecule has 0 bridgehead atoms. The highest BCUT2D eigenvalue weighted by molar-refractivity contribution is 7.97. The summed E-state index contributed by atoms with van der Waals surface area (Å²) in [6, 6.07) is 12.8. The molecule has 0 aliphatic carbocycles. The van der Waals surface area contributed by atoms with Crippen molar-refractivity contribution in [3.05, 3.63) is 86.5 Å². The Labute approximate surface area is 239 Å². The minimum atomic E-state index is -1.52. The second-order valence-electron chi connectivity index (χ2n) is 10.8. The quantitative estimate of drug-likeness (QED) is 0.190. The number of aliphatic hydroxyl groups excluding tert-OH is 1. The van der Waals surface area contributed by atoms with Gasteiger partial charge in [-0.3, -0.25) is 9.69 Å². The number of benzene rings is 2. The topological polar surface area (TPSA) is 114 Å². The number of anilines is 1. The van der Waals surface area contributed by atoms with Crippen molar-refractivity contribution in [1.29, 1.82) is 0 Å². The Morgan fingerprint density at radius 1 is 1.10 bits per heavy atom. The number of fused-ring (bicyclic) bond motifs is 5. The Morgan fingerprint density at radius 3 is 2.61 bits per heavy atom. The number of aliphatic hydroxyl groups is 1. The number of hydrogen-bond acceptors (Lipinski definition) is 9. The van der Waals surface area contributed by atoms with Crippen LogP contribution < -0.4 is 11.3 Å². The minimum absolute atomic E-state index is 0.175. The highest BCUT2D eigenvalue weighted by Gasteiger charge is 2.35. The van der Waals surface area contributed by atoms with Crippen LogP contribution in [-0.2, 0) is 29.2 Å². The van der Waals surface area contributed by atoms with E-state index in [0.717, 1.165) is 53.3 Å². The molecule has 1 fully saturated rings. The molecule has 4 aromatic rings. The largest absolute Gasteiger partial charge is 0.458 e. The Morgan fingerprint density at radius 2 is 1.85 bits per heavy atom. The van der Waals surface area contributed by atoms with E-state index in [2.05, 4.69) is 9.21 Å². The molecule has 11 heteroatoms. The third kappa shape index (κ3) is 4.49. The van der Waals surface area contributed by atoms with E-state index in [0.29, 0.717) is 35.6 Å². The number of aryl methyl sites for hydroxylation is 1.